The van der Waals surface area contributed by atoms with Gasteiger partial charge in [0.1, 0.15) is 19.0 Å². The second-order valence-electron chi connectivity index (χ2n) is 7.92. The molecule has 1 aliphatic heterocycles. The molecule has 0 atom stereocenters. The molecule has 38 heavy (non-hydrogen) atoms. The summed E-state index contributed by atoms with van der Waals surface area (Å²) in [5, 5.41) is 12.7. The molecule has 3 aromatic rings. The highest BCUT2D eigenvalue weighted by atomic mass is 32.2. The van der Waals surface area contributed by atoms with E-state index in [4.69, 9.17) is 9.47 Å². The average Bonchev–Trinajstić information content (AvgIpc) is 3.16. The van der Waals surface area contributed by atoms with Crippen molar-refractivity contribution in [1.82, 2.24) is 4.90 Å². The van der Waals surface area contributed by atoms with E-state index in [0.29, 0.717) is 34.4 Å². The summed E-state index contributed by atoms with van der Waals surface area (Å²) in [7, 11) is 1.43. The SMILES string of the molecule is COc1cc(/C=C2\SC(=O)N(CC(=O)Nc3ccccc3F)C2=O)ccc1OCc1cccc([N+](=O)[O-])c1. The van der Waals surface area contributed by atoms with Crippen LogP contribution in [0.5, 0.6) is 11.5 Å². The third-order valence-corrected chi connectivity index (χ3v) is 6.23. The van der Waals surface area contributed by atoms with E-state index in [9.17, 15) is 28.9 Å². The number of non-ortho nitro benzene ring substituents is 1. The summed E-state index contributed by atoms with van der Waals surface area (Å²) in [6.07, 6.45) is 1.48. The summed E-state index contributed by atoms with van der Waals surface area (Å²) >= 11 is 0.674. The molecule has 0 unspecified atom stereocenters. The summed E-state index contributed by atoms with van der Waals surface area (Å²) in [4.78, 5) is 48.8. The number of ether oxygens (including phenoxy) is 2. The fourth-order valence-corrected chi connectivity index (χ4v) is 4.34. The molecule has 0 aromatic heterocycles. The Bertz CT molecular complexity index is 1460. The van der Waals surface area contributed by atoms with Crippen molar-refractivity contribution in [3.63, 3.8) is 0 Å². The topological polar surface area (TPSA) is 128 Å². The Labute approximate surface area is 220 Å². The number of rotatable bonds is 9. The summed E-state index contributed by atoms with van der Waals surface area (Å²) in [6, 6.07) is 16.5. The van der Waals surface area contributed by atoms with Crippen LogP contribution in [0.15, 0.2) is 71.6 Å². The Morgan fingerprint density at radius 1 is 1.11 bits per heavy atom. The molecule has 194 valence electrons. The average molecular weight is 538 g/mol. The minimum Gasteiger partial charge on any atom is -0.493 e. The van der Waals surface area contributed by atoms with Crippen molar-refractivity contribution in [3.8, 4) is 11.5 Å². The molecule has 10 nitrogen and oxygen atoms in total. The zero-order valence-electron chi connectivity index (χ0n) is 19.9. The van der Waals surface area contributed by atoms with E-state index in [0.717, 1.165) is 4.90 Å². The number of hydrogen-bond acceptors (Lipinski definition) is 8. The standard InChI is InChI=1S/C26H20FN3O7S/c1-36-22-12-16(9-10-21(22)37-15-17-5-4-6-18(11-17)30(34)35)13-23-25(32)29(26(33)38-23)14-24(31)28-20-8-3-2-7-19(20)27/h2-13H,14-15H2,1H3,(H,28,31)/b23-13-. The van der Waals surface area contributed by atoms with Crippen LogP contribution >= 0.6 is 11.8 Å². The fourth-order valence-electron chi connectivity index (χ4n) is 3.50. The Morgan fingerprint density at radius 3 is 2.63 bits per heavy atom. The highest BCUT2D eigenvalue weighted by Gasteiger charge is 2.36. The van der Waals surface area contributed by atoms with Crippen LogP contribution in [-0.2, 0) is 16.2 Å². The lowest BCUT2D eigenvalue weighted by Crippen LogP contribution is -2.36. The van der Waals surface area contributed by atoms with Gasteiger partial charge in [-0.15, -0.1) is 0 Å². The quantitative estimate of drug-likeness (QED) is 0.230. The molecule has 1 fully saturated rings. The van der Waals surface area contributed by atoms with Gasteiger partial charge in [0.2, 0.25) is 5.91 Å². The molecule has 0 spiro atoms. The molecule has 3 amide bonds. The Balaban J connectivity index is 1.43. The molecule has 3 aromatic carbocycles. The number of thioether (sulfide) groups is 1. The van der Waals surface area contributed by atoms with Crippen molar-refractivity contribution in [2.24, 2.45) is 0 Å². The van der Waals surface area contributed by atoms with Gasteiger partial charge in [-0.05, 0) is 53.2 Å². The van der Waals surface area contributed by atoms with E-state index in [1.165, 1.54) is 43.5 Å². The van der Waals surface area contributed by atoms with Crippen molar-refractivity contribution in [1.29, 1.82) is 0 Å². The number of para-hydroxylation sites is 1. The highest BCUT2D eigenvalue weighted by Crippen LogP contribution is 2.35. The van der Waals surface area contributed by atoms with Crippen LogP contribution in [-0.4, -0.2) is 40.5 Å². The lowest BCUT2D eigenvalue weighted by molar-refractivity contribution is -0.384. The maximum Gasteiger partial charge on any atom is 0.294 e. The maximum atomic E-state index is 13.8. The smallest absolute Gasteiger partial charge is 0.294 e. The molecule has 0 saturated carbocycles. The lowest BCUT2D eigenvalue weighted by Gasteiger charge is -2.13. The molecular weight excluding hydrogens is 517 g/mol. The van der Waals surface area contributed by atoms with Crippen LogP contribution in [0.3, 0.4) is 0 Å². The third kappa shape index (κ3) is 6.16. The molecule has 1 N–H and O–H groups in total. The normalized spacial score (nSPS) is 14.1. The predicted molar refractivity (Wildman–Crippen MR) is 138 cm³/mol. The van der Waals surface area contributed by atoms with Crippen molar-refractivity contribution in [3.05, 3.63) is 98.7 Å². The van der Waals surface area contributed by atoms with E-state index < -0.39 is 34.3 Å². The van der Waals surface area contributed by atoms with Crippen molar-refractivity contribution in [2.75, 3.05) is 19.0 Å². The Hall–Kier alpha value is -4.71. The van der Waals surface area contributed by atoms with E-state index in [-0.39, 0.29) is 22.9 Å². The molecule has 0 radical (unpaired) electrons. The minimum atomic E-state index is -0.717. The number of carbonyl (C=O) groups is 3. The van der Waals surface area contributed by atoms with Gasteiger partial charge in [0.05, 0.1) is 22.6 Å². The van der Waals surface area contributed by atoms with Crippen molar-refractivity contribution >= 4 is 46.3 Å². The first-order valence-corrected chi connectivity index (χ1v) is 11.9. The fraction of sp³-hybridized carbons (Fsp3) is 0.115. The number of halogens is 1. The van der Waals surface area contributed by atoms with Crippen LogP contribution in [0.2, 0.25) is 0 Å². The van der Waals surface area contributed by atoms with Gasteiger partial charge in [0.15, 0.2) is 11.5 Å². The lowest BCUT2D eigenvalue weighted by atomic mass is 10.1. The molecule has 4 rings (SSSR count). The first-order valence-electron chi connectivity index (χ1n) is 11.1. The zero-order valence-corrected chi connectivity index (χ0v) is 20.7. The van der Waals surface area contributed by atoms with Gasteiger partial charge >= 0.3 is 0 Å². The largest absolute Gasteiger partial charge is 0.493 e. The number of nitrogens with zero attached hydrogens (tertiary/aromatic N) is 2. The number of anilines is 1. The first-order chi connectivity index (χ1) is 18.2. The number of nitro groups is 1. The molecule has 12 heteroatoms. The van der Waals surface area contributed by atoms with Gasteiger partial charge in [-0.1, -0.05) is 30.3 Å². The second kappa shape index (κ2) is 11.6. The van der Waals surface area contributed by atoms with Gasteiger partial charge in [-0.25, -0.2) is 4.39 Å². The number of nitro benzene ring substituents is 1. The van der Waals surface area contributed by atoms with Gasteiger partial charge < -0.3 is 14.8 Å². The number of nitrogens with one attached hydrogen (secondary N) is 1. The molecule has 1 saturated heterocycles. The van der Waals surface area contributed by atoms with Crippen molar-refractivity contribution in [2.45, 2.75) is 6.61 Å². The summed E-state index contributed by atoms with van der Waals surface area (Å²) in [5.74, 6) is -1.30. The number of carbonyl (C=O) groups excluding carboxylic acids is 3. The molecule has 0 bridgehead atoms. The van der Waals surface area contributed by atoms with Crippen LogP contribution in [0.1, 0.15) is 11.1 Å². The third-order valence-electron chi connectivity index (χ3n) is 5.32. The summed E-state index contributed by atoms with van der Waals surface area (Å²) < 4.78 is 24.9. The van der Waals surface area contributed by atoms with Crippen LogP contribution < -0.4 is 14.8 Å². The number of methoxy groups -OCH3 is 1. The monoisotopic (exact) mass is 537 g/mol. The molecule has 1 aliphatic rings. The van der Waals surface area contributed by atoms with Crippen LogP contribution in [0, 0.1) is 15.9 Å². The van der Waals surface area contributed by atoms with Crippen LogP contribution in [0.4, 0.5) is 20.6 Å². The van der Waals surface area contributed by atoms with Crippen LogP contribution in [0.25, 0.3) is 6.08 Å². The highest BCUT2D eigenvalue weighted by molar-refractivity contribution is 8.18. The maximum absolute atomic E-state index is 13.8. The molecular formula is C26H20FN3O7S. The Kier molecular flexibility index (Phi) is 8.02. The van der Waals surface area contributed by atoms with E-state index in [1.54, 1.807) is 36.4 Å². The second-order valence-corrected chi connectivity index (χ2v) is 8.92. The van der Waals surface area contributed by atoms with E-state index in [2.05, 4.69) is 5.32 Å². The van der Waals surface area contributed by atoms with E-state index in [1.807, 2.05) is 0 Å². The minimum absolute atomic E-state index is 0.0490. The van der Waals surface area contributed by atoms with Gasteiger partial charge in [-0.3, -0.25) is 29.4 Å². The summed E-state index contributed by atoms with van der Waals surface area (Å²) in [6.45, 7) is -0.505. The number of hydrogen-bond donors (Lipinski definition) is 1. The van der Waals surface area contributed by atoms with Crippen molar-refractivity contribution < 1.29 is 33.2 Å². The van der Waals surface area contributed by atoms with Gasteiger partial charge in [0, 0.05) is 12.1 Å². The number of imide groups is 1. The number of benzene rings is 3. The summed E-state index contributed by atoms with van der Waals surface area (Å²) in [5.41, 5.74) is 1.02. The zero-order chi connectivity index (χ0) is 27.2. The molecule has 1 heterocycles. The van der Waals surface area contributed by atoms with E-state index >= 15 is 0 Å². The predicted octanol–water partition coefficient (Wildman–Crippen LogP) is 5.00. The van der Waals surface area contributed by atoms with Gasteiger partial charge in [-0.2, -0.15) is 0 Å². The number of amides is 3. The van der Waals surface area contributed by atoms with Gasteiger partial charge in [0.25, 0.3) is 16.8 Å². The first kappa shape index (κ1) is 26.4. The Morgan fingerprint density at radius 2 is 1.89 bits per heavy atom. The molecule has 0 aliphatic carbocycles.